The van der Waals surface area contributed by atoms with Crippen molar-refractivity contribution in [2.24, 2.45) is 5.73 Å². The summed E-state index contributed by atoms with van der Waals surface area (Å²) in [6.45, 7) is 7.91. The second kappa shape index (κ2) is 9.33. The Kier molecular flexibility index (Phi) is 7.36. The predicted octanol–water partition coefficient (Wildman–Crippen LogP) is 3.33. The Morgan fingerprint density at radius 2 is 1.96 bits per heavy atom. The van der Waals surface area contributed by atoms with Crippen LogP contribution < -0.4 is 11.1 Å². The van der Waals surface area contributed by atoms with Crippen molar-refractivity contribution in [2.45, 2.75) is 47.1 Å². The topological polar surface area (TPSA) is 116 Å². The Morgan fingerprint density at radius 1 is 1.29 bits per heavy atom. The molecule has 0 fully saturated rings. The standard InChI is InChI=1S/C18H23BrN4O4S/c1-5-8-27-18(26)13-9(2)15(16(20)25)28-17(13)21-12(24)6-7-23-11(4)14(19)10(3)22-23/h5-8H2,1-4H3,(H2,20,25)(H,21,24). The fourth-order valence-corrected chi connectivity index (χ4v) is 3.99. The Bertz CT molecular complexity index is 919. The lowest BCUT2D eigenvalue weighted by molar-refractivity contribution is -0.116. The number of hydrogen-bond acceptors (Lipinski definition) is 6. The summed E-state index contributed by atoms with van der Waals surface area (Å²) in [5.74, 6) is -1.54. The van der Waals surface area contributed by atoms with Crippen molar-refractivity contribution >= 4 is 50.1 Å². The minimum absolute atomic E-state index is 0.153. The van der Waals surface area contributed by atoms with E-state index in [1.807, 2.05) is 20.8 Å². The maximum absolute atomic E-state index is 12.4. The second-order valence-electron chi connectivity index (χ2n) is 6.27. The lowest BCUT2D eigenvalue weighted by Gasteiger charge is -2.08. The van der Waals surface area contributed by atoms with Gasteiger partial charge in [0.05, 0.1) is 33.8 Å². The summed E-state index contributed by atoms with van der Waals surface area (Å²) in [6.07, 6.45) is 0.818. The number of hydrogen-bond donors (Lipinski definition) is 2. The van der Waals surface area contributed by atoms with Crippen molar-refractivity contribution < 1.29 is 19.1 Å². The Labute approximate surface area is 175 Å². The zero-order valence-electron chi connectivity index (χ0n) is 16.2. The zero-order valence-corrected chi connectivity index (χ0v) is 18.6. The van der Waals surface area contributed by atoms with Gasteiger partial charge in [0.1, 0.15) is 5.00 Å². The normalized spacial score (nSPS) is 10.8. The first-order chi connectivity index (χ1) is 13.2. The summed E-state index contributed by atoms with van der Waals surface area (Å²) >= 11 is 4.43. The lowest BCUT2D eigenvalue weighted by Crippen LogP contribution is -2.17. The van der Waals surface area contributed by atoms with Crippen LogP contribution in [0.1, 0.15) is 56.7 Å². The largest absolute Gasteiger partial charge is 0.462 e. The molecule has 0 aliphatic rings. The highest BCUT2D eigenvalue weighted by atomic mass is 79.9. The predicted molar refractivity (Wildman–Crippen MR) is 111 cm³/mol. The van der Waals surface area contributed by atoms with Gasteiger partial charge in [0.2, 0.25) is 5.91 Å². The first kappa shape index (κ1) is 22.1. The Morgan fingerprint density at radius 3 is 2.50 bits per heavy atom. The van der Waals surface area contributed by atoms with Gasteiger partial charge in [-0.1, -0.05) is 6.92 Å². The van der Waals surface area contributed by atoms with Crippen LogP contribution in [0.25, 0.3) is 0 Å². The molecule has 0 aliphatic heterocycles. The number of amides is 2. The van der Waals surface area contributed by atoms with E-state index in [1.54, 1.807) is 11.6 Å². The van der Waals surface area contributed by atoms with E-state index in [4.69, 9.17) is 10.5 Å². The summed E-state index contributed by atoms with van der Waals surface area (Å²) in [5.41, 5.74) is 7.75. The van der Waals surface area contributed by atoms with Gasteiger partial charge in [-0.05, 0) is 48.7 Å². The van der Waals surface area contributed by atoms with E-state index in [9.17, 15) is 14.4 Å². The van der Waals surface area contributed by atoms with Crippen molar-refractivity contribution in [2.75, 3.05) is 11.9 Å². The smallest absolute Gasteiger partial charge is 0.341 e. The number of nitrogens with two attached hydrogens (primary N) is 1. The molecule has 2 heterocycles. The number of aromatic nitrogens is 2. The minimum atomic E-state index is -0.653. The number of esters is 1. The number of carbonyl (C=O) groups is 3. The van der Waals surface area contributed by atoms with Crippen LogP contribution in [-0.4, -0.2) is 34.2 Å². The Hall–Kier alpha value is -2.20. The fraction of sp³-hybridized carbons (Fsp3) is 0.444. The molecule has 0 spiro atoms. The minimum Gasteiger partial charge on any atom is -0.462 e. The summed E-state index contributed by atoms with van der Waals surface area (Å²) in [4.78, 5) is 36.7. The first-order valence-electron chi connectivity index (χ1n) is 8.77. The van der Waals surface area contributed by atoms with E-state index in [-0.39, 0.29) is 34.4 Å². The van der Waals surface area contributed by atoms with E-state index in [0.29, 0.717) is 18.5 Å². The van der Waals surface area contributed by atoms with Gasteiger partial charge in [0.15, 0.2) is 0 Å². The molecule has 0 aromatic carbocycles. The van der Waals surface area contributed by atoms with Crippen molar-refractivity contribution in [1.82, 2.24) is 9.78 Å². The average molecular weight is 471 g/mol. The molecule has 152 valence electrons. The van der Waals surface area contributed by atoms with Crippen LogP contribution in [-0.2, 0) is 16.1 Å². The molecule has 28 heavy (non-hydrogen) atoms. The van der Waals surface area contributed by atoms with E-state index in [1.165, 1.54) is 0 Å². The van der Waals surface area contributed by atoms with Crippen molar-refractivity contribution in [3.05, 3.63) is 31.9 Å². The van der Waals surface area contributed by atoms with Crippen LogP contribution in [0, 0.1) is 20.8 Å². The maximum atomic E-state index is 12.4. The number of rotatable bonds is 8. The van der Waals surface area contributed by atoms with Crippen LogP contribution in [0.15, 0.2) is 4.47 Å². The summed E-state index contributed by atoms with van der Waals surface area (Å²) in [7, 11) is 0. The number of aryl methyl sites for hydroxylation is 2. The monoisotopic (exact) mass is 470 g/mol. The molecule has 0 radical (unpaired) electrons. The molecular formula is C18H23BrN4O4S. The molecule has 0 unspecified atom stereocenters. The summed E-state index contributed by atoms with van der Waals surface area (Å²) in [6, 6.07) is 0. The number of halogens is 1. The summed E-state index contributed by atoms with van der Waals surface area (Å²) in [5, 5.41) is 7.35. The number of anilines is 1. The molecule has 2 amide bonds. The third-order valence-corrected chi connectivity index (χ3v) is 6.48. The molecular weight excluding hydrogens is 448 g/mol. The van der Waals surface area contributed by atoms with Gasteiger partial charge in [-0.2, -0.15) is 5.10 Å². The third-order valence-electron chi connectivity index (χ3n) is 4.11. The molecule has 8 nitrogen and oxygen atoms in total. The molecule has 0 saturated carbocycles. The van der Waals surface area contributed by atoms with Crippen LogP contribution in [0.4, 0.5) is 5.00 Å². The van der Waals surface area contributed by atoms with Gasteiger partial charge in [-0.3, -0.25) is 14.3 Å². The quantitative estimate of drug-likeness (QED) is 0.573. The molecule has 0 bridgehead atoms. The van der Waals surface area contributed by atoms with Crippen molar-refractivity contribution in [3.8, 4) is 0 Å². The van der Waals surface area contributed by atoms with Gasteiger partial charge in [-0.15, -0.1) is 11.3 Å². The SMILES string of the molecule is CCCOC(=O)c1c(NC(=O)CCn2nc(C)c(Br)c2C)sc(C(N)=O)c1C. The Balaban J connectivity index is 2.18. The average Bonchev–Trinajstić information content (AvgIpc) is 3.09. The number of nitrogens with zero attached hydrogens (tertiary/aromatic N) is 2. The number of thiophene rings is 1. The highest BCUT2D eigenvalue weighted by molar-refractivity contribution is 9.10. The van der Waals surface area contributed by atoms with Gasteiger partial charge < -0.3 is 15.8 Å². The van der Waals surface area contributed by atoms with Crippen LogP contribution in [0.3, 0.4) is 0 Å². The van der Waals surface area contributed by atoms with Gasteiger partial charge in [0, 0.05) is 12.1 Å². The molecule has 2 aromatic heterocycles. The number of primary amides is 1. The molecule has 0 saturated heterocycles. The number of carbonyl (C=O) groups excluding carboxylic acids is 3. The first-order valence-corrected chi connectivity index (χ1v) is 10.4. The van der Waals surface area contributed by atoms with E-state index in [2.05, 4.69) is 26.3 Å². The third kappa shape index (κ3) is 4.79. The fourth-order valence-electron chi connectivity index (χ4n) is 2.64. The van der Waals surface area contributed by atoms with Crippen molar-refractivity contribution in [3.63, 3.8) is 0 Å². The molecule has 2 rings (SSSR count). The van der Waals surface area contributed by atoms with E-state index < -0.39 is 11.9 Å². The van der Waals surface area contributed by atoms with E-state index >= 15 is 0 Å². The zero-order chi connectivity index (χ0) is 21.0. The molecule has 2 aromatic rings. The summed E-state index contributed by atoms with van der Waals surface area (Å²) < 4.78 is 7.83. The van der Waals surface area contributed by atoms with Gasteiger partial charge in [-0.25, -0.2) is 4.79 Å². The number of ether oxygens (including phenoxy) is 1. The van der Waals surface area contributed by atoms with Crippen molar-refractivity contribution in [1.29, 1.82) is 0 Å². The van der Waals surface area contributed by atoms with Gasteiger partial charge >= 0.3 is 5.97 Å². The highest BCUT2D eigenvalue weighted by Gasteiger charge is 2.25. The van der Waals surface area contributed by atoms with Crippen LogP contribution in [0.5, 0.6) is 0 Å². The molecule has 0 atom stereocenters. The molecule has 10 heteroatoms. The second-order valence-corrected chi connectivity index (χ2v) is 8.08. The molecule has 0 aliphatic carbocycles. The van der Waals surface area contributed by atoms with Crippen LogP contribution >= 0.6 is 27.3 Å². The van der Waals surface area contributed by atoms with E-state index in [0.717, 1.165) is 27.2 Å². The molecule has 3 N–H and O–H groups in total. The number of nitrogens with one attached hydrogen (secondary N) is 1. The lowest BCUT2D eigenvalue weighted by atomic mass is 10.1. The highest BCUT2D eigenvalue weighted by Crippen LogP contribution is 2.33. The maximum Gasteiger partial charge on any atom is 0.341 e. The van der Waals surface area contributed by atoms with Crippen LogP contribution in [0.2, 0.25) is 0 Å². The van der Waals surface area contributed by atoms with Gasteiger partial charge in [0.25, 0.3) is 5.91 Å².